The number of halogens is 1. The minimum Gasteiger partial charge on any atom is -0.369 e. The Labute approximate surface area is 101 Å². The first kappa shape index (κ1) is 10.6. The molecule has 0 aliphatic rings. The predicted octanol–water partition coefficient (Wildman–Crippen LogP) is 3.40. The lowest BCUT2D eigenvalue weighted by Crippen LogP contribution is -2.00. The molecule has 0 aliphatic carbocycles. The number of rotatable bonds is 3. The molecule has 2 heterocycles. The molecule has 2 aromatic heterocycles. The Morgan fingerprint density at radius 3 is 2.93 bits per heavy atom. The third kappa shape index (κ3) is 2.35. The molecule has 0 bridgehead atoms. The molecule has 0 unspecified atom stereocenters. The molecule has 0 atom stereocenters. The largest absolute Gasteiger partial charge is 0.369 e. The van der Waals surface area contributed by atoms with Gasteiger partial charge in [0.2, 0.25) is 0 Å². The maximum atomic E-state index is 4.47. The van der Waals surface area contributed by atoms with E-state index in [1.54, 1.807) is 23.7 Å². The van der Waals surface area contributed by atoms with Gasteiger partial charge in [0.1, 0.15) is 5.82 Å². The van der Waals surface area contributed by atoms with Crippen molar-refractivity contribution in [2.75, 3.05) is 11.9 Å². The van der Waals surface area contributed by atoms with Crippen molar-refractivity contribution in [2.24, 2.45) is 0 Å². The lowest BCUT2D eigenvalue weighted by Gasteiger charge is -2.03. The van der Waals surface area contributed by atoms with Crippen LogP contribution in [0.15, 0.2) is 27.6 Å². The summed E-state index contributed by atoms with van der Waals surface area (Å²) in [6.45, 7) is 2.89. The van der Waals surface area contributed by atoms with Crippen molar-refractivity contribution < 1.29 is 0 Å². The van der Waals surface area contributed by atoms with E-state index < -0.39 is 0 Å². The summed E-state index contributed by atoms with van der Waals surface area (Å²) in [7, 11) is 0. The first-order valence-corrected chi connectivity index (χ1v) is 6.33. The maximum Gasteiger partial charge on any atom is 0.145 e. The van der Waals surface area contributed by atoms with Crippen molar-refractivity contribution in [1.82, 2.24) is 9.97 Å². The lowest BCUT2D eigenvalue weighted by molar-refractivity contribution is 1.12. The van der Waals surface area contributed by atoms with Crippen LogP contribution in [0, 0.1) is 0 Å². The first-order chi connectivity index (χ1) is 7.31. The Hall–Kier alpha value is -0.940. The van der Waals surface area contributed by atoms with Crippen molar-refractivity contribution >= 4 is 33.1 Å². The van der Waals surface area contributed by atoms with Gasteiger partial charge >= 0.3 is 0 Å². The smallest absolute Gasteiger partial charge is 0.145 e. The molecule has 0 aliphatic heterocycles. The molecular weight excluding hydrogens is 274 g/mol. The molecule has 15 heavy (non-hydrogen) atoms. The van der Waals surface area contributed by atoms with Crippen LogP contribution in [0.5, 0.6) is 0 Å². The lowest BCUT2D eigenvalue weighted by atomic mass is 10.2. The highest BCUT2D eigenvalue weighted by Gasteiger charge is 2.06. The van der Waals surface area contributed by atoms with E-state index in [4.69, 9.17) is 0 Å². The highest BCUT2D eigenvalue weighted by molar-refractivity contribution is 9.10. The summed E-state index contributed by atoms with van der Waals surface area (Å²) >= 11 is 5.13. The van der Waals surface area contributed by atoms with Crippen molar-refractivity contribution in [3.8, 4) is 11.3 Å². The van der Waals surface area contributed by atoms with Crippen LogP contribution in [0.3, 0.4) is 0 Å². The Balaban J connectivity index is 2.37. The van der Waals surface area contributed by atoms with Gasteiger partial charge in [0.25, 0.3) is 0 Å². The molecule has 0 fully saturated rings. The number of thiophene rings is 1. The Morgan fingerprint density at radius 1 is 1.40 bits per heavy atom. The third-order valence-electron chi connectivity index (χ3n) is 1.88. The molecule has 5 heteroatoms. The van der Waals surface area contributed by atoms with E-state index in [2.05, 4.69) is 36.6 Å². The van der Waals surface area contributed by atoms with Crippen molar-refractivity contribution in [3.05, 3.63) is 27.6 Å². The average Bonchev–Trinajstić information content (AvgIpc) is 2.65. The van der Waals surface area contributed by atoms with Gasteiger partial charge in [-0.2, -0.15) is 11.3 Å². The quantitative estimate of drug-likeness (QED) is 0.938. The molecule has 0 saturated carbocycles. The zero-order valence-electron chi connectivity index (χ0n) is 8.20. The second-order valence-corrected chi connectivity index (χ2v) is 4.55. The minimum absolute atomic E-state index is 0.813. The fourth-order valence-electron chi connectivity index (χ4n) is 1.23. The minimum atomic E-state index is 0.813. The summed E-state index contributed by atoms with van der Waals surface area (Å²) < 4.78 is 1.07. The molecule has 0 aromatic carbocycles. The normalized spacial score (nSPS) is 10.3. The second kappa shape index (κ2) is 4.72. The van der Waals surface area contributed by atoms with E-state index >= 15 is 0 Å². The molecule has 3 nitrogen and oxygen atoms in total. The summed E-state index contributed by atoms with van der Waals surface area (Å²) in [5, 5.41) is 7.24. The van der Waals surface area contributed by atoms with E-state index in [0.29, 0.717) is 0 Å². The van der Waals surface area contributed by atoms with E-state index in [9.17, 15) is 0 Å². The average molecular weight is 284 g/mol. The van der Waals surface area contributed by atoms with Crippen LogP contribution in [0.2, 0.25) is 0 Å². The van der Waals surface area contributed by atoms with Crippen LogP contribution >= 0.6 is 27.3 Å². The van der Waals surface area contributed by atoms with E-state index in [0.717, 1.165) is 28.1 Å². The van der Waals surface area contributed by atoms with Crippen LogP contribution in [-0.4, -0.2) is 16.5 Å². The third-order valence-corrected chi connectivity index (χ3v) is 3.59. The summed E-state index contributed by atoms with van der Waals surface area (Å²) in [5.74, 6) is 0.813. The number of aromatic nitrogens is 2. The van der Waals surface area contributed by atoms with Gasteiger partial charge in [-0.25, -0.2) is 4.98 Å². The number of hydrogen-bond acceptors (Lipinski definition) is 4. The molecular formula is C10H10BrN3S. The van der Waals surface area contributed by atoms with Crippen LogP contribution in [0.1, 0.15) is 6.92 Å². The molecule has 1 N–H and O–H groups in total. The molecule has 0 saturated heterocycles. The van der Waals surface area contributed by atoms with Gasteiger partial charge in [0.05, 0.1) is 18.1 Å². The molecule has 78 valence electrons. The van der Waals surface area contributed by atoms with Gasteiger partial charge in [-0.05, 0) is 22.9 Å². The van der Waals surface area contributed by atoms with E-state index in [-0.39, 0.29) is 0 Å². The molecule has 2 aromatic rings. The van der Waals surface area contributed by atoms with Crippen molar-refractivity contribution in [3.63, 3.8) is 0 Å². The van der Waals surface area contributed by atoms with Gasteiger partial charge in [0, 0.05) is 27.3 Å². The summed E-state index contributed by atoms with van der Waals surface area (Å²) in [6, 6.07) is 0. The monoisotopic (exact) mass is 283 g/mol. The summed E-state index contributed by atoms with van der Waals surface area (Å²) in [6.07, 6.45) is 3.50. The van der Waals surface area contributed by atoms with Gasteiger partial charge in [0.15, 0.2) is 0 Å². The van der Waals surface area contributed by atoms with Crippen LogP contribution in [0.4, 0.5) is 5.82 Å². The van der Waals surface area contributed by atoms with E-state index in [1.165, 1.54) is 0 Å². The maximum absolute atomic E-state index is 4.47. The predicted molar refractivity (Wildman–Crippen MR) is 67.2 cm³/mol. The summed E-state index contributed by atoms with van der Waals surface area (Å²) in [4.78, 5) is 8.63. The molecule has 0 radical (unpaired) electrons. The number of hydrogen-bond donors (Lipinski definition) is 1. The van der Waals surface area contributed by atoms with Gasteiger partial charge in [-0.1, -0.05) is 0 Å². The Morgan fingerprint density at radius 2 is 2.27 bits per heavy atom. The number of anilines is 1. The van der Waals surface area contributed by atoms with Crippen LogP contribution in [-0.2, 0) is 0 Å². The van der Waals surface area contributed by atoms with E-state index in [1.807, 2.05) is 12.3 Å². The fraction of sp³-hybridized carbons (Fsp3) is 0.200. The van der Waals surface area contributed by atoms with Gasteiger partial charge < -0.3 is 5.32 Å². The molecule has 2 rings (SSSR count). The van der Waals surface area contributed by atoms with Crippen molar-refractivity contribution in [1.29, 1.82) is 0 Å². The van der Waals surface area contributed by atoms with Gasteiger partial charge in [-0.15, -0.1) is 0 Å². The zero-order chi connectivity index (χ0) is 10.7. The standard InChI is InChI=1S/C10H10BrN3S/c1-2-13-10-4-12-3-9(14-10)7-5-15-6-8(7)11/h3-6H,2H2,1H3,(H,13,14). The first-order valence-electron chi connectivity index (χ1n) is 4.59. The topological polar surface area (TPSA) is 37.8 Å². The highest BCUT2D eigenvalue weighted by atomic mass is 79.9. The highest BCUT2D eigenvalue weighted by Crippen LogP contribution is 2.30. The van der Waals surface area contributed by atoms with Gasteiger partial charge in [-0.3, -0.25) is 4.98 Å². The van der Waals surface area contributed by atoms with Crippen LogP contribution < -0.4 is 5.32 Å². The second-order valence-electron chi connectivity index (χ2n) is 2.95. The number of nitrogens with one attached hydrogen (secondary N) is 1. The molecule has 0 amide bonds. The fourth-order valence-corrected chi connectivity index (χ4v) is 2.72. The number of nitrogens with zero attached hydrogens (tertiary/aromatic N) is 2. The van der Waals surface area contributed by atoms with Crippen molar-refractivity contribution in [2.45, 2.75) is 6.92 Å². The zero-order valence-corrected chi connectivity index (χ0v) is 10.6. The Kier molecular flexibility index (Phi) is 3.33. The Bertz CT molecular complexity index is 455. The summed E-state index contributed by atoms with van der Waals surface area (Å²) in [5.41, 5.74) is 1.98. The SMILES string of the molecule is CCNc1cncc(-c2cscc2Br)n1. The van der Waals surface area contributed by atoms with Crippen LogP contribution in [0.25, 0.3) is 11.3 Å². The molecule has 0 spiro atoms.